The SMILES string of the molecule is CCc1cc(C=C(CO)B2OC(C)(C)C(C)(C)O2)ccc1N. The zero-order chi connectivity index (χ0) is 16.5. The first-order chi connectivity index (χ1) is 10.2. The molecule has 5 heteroatoms. The molecule has 0 saturated carbocycles. The second kappa shape index (κ2) is 6.07. The first-order valence-corrected chi connectivity index (χ1v) is 7.75. The molecule has 0 aliphatic carbocycles. The molecule has 120 valence electrons. The van der Waals surface area contributed by atoms with Crippen molar-refractivity contribution in [2.45, 2.75) is 52.2 Å². The van der Waals surface area contributed by atoms with Gasteiger partial charge in [-0.05, 0) is 62.8 Å². The summed E-state index contributed by atoms with van der Waals surface area (Å²) < 4.78 is 12.0. The third-order valence-corrected chi connectivity index (χ3v) is 4.64. The second-order valence-electron chi connectivity index (χ2n) is 6.78. The van der Waals surface area contributed by atoms with Crippen molar-refractivity contribution < 1.29 is 14.4 Å². The highest BCUT2D eigenvalue weighted by Crippen LogP contribution is 2.38. The maximum absolute atomic E-state index is 9.72. The lowest BCUT2D eigenvalue weighted by Crippen LogP contribution is -2.41. The van der Waals surface area contributed by atoms with Gasteiger partial charge in [0.15, 0.2) is 0 Å². The minimum absolute atomic E-state index is 0.108. The number of aliphatic hydroxyl groups is 1. The molecule has 1 heterocycles. The molecule has 0 atom stereocenters. The number of aliphatic hydroxyl groups excluding tert-OH is 1. The highest BCUT2D eigenvalue weighted by molar-refractivity contribution is 6.55. The summed E-state index contributed by atoms with van der Waals surface area (Å²) >= 11 is 0. The predicted octanol–water partition coefficient (Wildman–Crippen LogP) is 2.84. The van der Waals surface area contributed by atoms with E-state index in [0.717, 1.165) is 23.2 Å². The summed E-state index contributed by atoms with van der Waals surface area (Å²) in [4.78, 5) is 0. The minimum atomic E-state index is -0.530. The van der Waals surface area contributed by atoms with Crippen molar-refractivity contribution in [3.05, 3.63) is 34.8 Å². The number of nitrogens with two attached hydrogens (primary N) is 1. The van der Waals surface area contributed by atoms with Crippen LogP contribution < -0.4 is 5.73 Å². The largest absolute Gasteiger partial charge is 0.492 e. The predicted molar refractivity (Wildman–Crippen MR) is 91.4 cm³/mol. The Morgan fingerprint density at radius 2 is 1.82 bits per heavy atom. The van der Waals surface area contributed by atoms with Crippen LogP contribution >= 0.6 is 0 Å². The number of nitrogen functional groups attached to an aromatic ring is 1. The summed E-state index contributed by atoms with van der Waals surface area (Å²) in [6, 6.07) is 5.87. The lowest BCUT2D eigenvalue weighted by atomic mass is 9.77. The van der Waals surface area contributed by atoms with Crippen molar-refractivity contribution in [1.82, 2.24) is 0 Å². The third-order valence-electron chi connectivity index (χ3n) is 4.64. The summed E-state index contributed by atoms with van der Waals surface area (Å²) in [6.07, 6.45) is 2.79. The van der Waals surface area contributed by atoms with Gasteiger partial charge in [0, 0.05) is 5.69 Å². The maximum atomic E-state index is 9.72. The van der Waals surface area contributed by atoms with Crippen molar-refractivity contribution in [1.29, 1.82) is 0 Å². The van der Waals surface area contributed by atoms with Crippen LogP contribution in [0.1, 0.15) is 45.7 Å². The van der Waals surface area contributed by atoms with Crippen LogP contribution in [0.3, 0.4) is 0 Å². The Kier molecular flexibility index (Phi) is 4.71. The molecule has 2 rings (SSSR count). The molecule has 0 spiro atoms. The van der Waals surface area contributed by atoms with Gasteiger partial charge in [0.25, 0.3) is 0 Å². The van der Waals surface area contributed by atoms with Crippen LogP contribution in [0.15, 0.2) is 23.7 Å². The average molecular weight is 303 g/mol. The normalized spacial score (nSPS) is 20.5. The van der Waals surface area contributed by atoms with Gasteiger partial charge in [-0.25, -0.2) is 0 Å². The zero-order valence-corrected chi connectivity index (χ0v) is 14.1. The monoisotopic (exact) mass is 303 g/mol. The molecule has 0 aromatic heterocycles. The summed E-state index contributed by atoms with van der Waals surface area (Å²) in [5.41, 5.74) is 8.70. The Labute approximate surface area is 133 Å². The van der Waals surface area contributed by atoms with Gasteiger partial charge in [-0.1, -0.05) is 19.1 Å². The standard InChI is InChI=1S/C17H26BNO3/c1-6-13-9-12(7-8-15(13)19)10-14(11-20)18-21-16(2,3)17(4,5)22-18/h7-10,20H,6,11,19H2,1-5H3. The van der Waals surface area contributed by atoms with E-state index in [0.29, 0.717) is 5.47 Å². The van der Waals surface area contributed by atoms with Crippen molar-refractivity contribution in [2.24, 2.45) is 0 Å². The number of hydrogen-bond donors (Lipinski definition) is 2. The van der Waals surface area contributed by atoms with Gasteiger partial charge < -0.3 is 20.1 Å². The number of rotatable bonds is 4. The van der Waals surface area contributed by atoms with Crippen molar-refractivity contribution in [2.75, 3.05) is 12.3 Å². The lowest BCUT2D eigenvalue weighted by molar-refractivity contribution is 0.00578. The Balaban J connectivity index is 2.29. The van der Waals surface area contributed by atoms with Gasteiger partial charge in [-0.3, -0.25) is 0 Å². The molecule has 3 N–H and O–H groups in total. The van der Waals surface area contributed by atoms with Gasteiger partial charge >= 0.3 is 7.12 Å². The Morgan fingerprint density at radius 1 is 1.23 bits per heavy atom. The fraction of sp³-hybridized carbons (Fsp3) is 0.529. The highest BCUT2D eigenvalue weighted by Gasteiger charge is 2.52. The van der Waals surface area contributed by atoms with Crippen molar-refractivity contribution in [3.63, 3.8) is 0 Å². The molecule has 0 unspecified atom stereocenters. The van der Waals surface area contributed by atoms with E-state index < -0.39 is 18.3 Å². The molecule has 1 aromatic rings. The van der Waals surface area contributed by atoms with Crippen LogP contribution in [-0.2, 0) is 15.7 Å². The van der Waals surface area contributed by atoms with Crippen LogP contribution in [0.2, 0.25) is 0 Å². The Hall–Kier alpha value is -1.30. The van der Waals surface area contributed by atoms with Crippen LogP contribution in [0.5, 0.6) is 0 Å². The minimum Gasteiger partial charge on any atom is -0.400 e. The van der Waals surface area contributed by atoms with Gasteiger partial charge in [0.1, 0.15) is 0 Å². The molecule has 1 aliphatic heterocycles. The van der Waals surface area contributed by atoms with E-state index in [1.165, 1.54) is 0 Å². The van der Waals surface area contributed by atoms with Gasteiger partial charge in [0.2, 0.25) is 0 Å². The van der Waals surface area contributed by atoms with E-state index in [1.54, 1.807) is 0 Å². The quantitative estimate of drug-likeness (QED) is 0.663. The average Bonchev–Trinajstić information content (AvgIpc) is 2.66. The van der Waals surface area contributed by atoms with E-state index in [1.807, 2.05) is 52.0 Å². The third kappa shape index (κ3) is 3.22. The summed E-state index contributed by atoms with van der Waals surface area (Å²) in [5.74, 6) is 0. The number of aryl methyl sites for hydroxylation is 1. The van der Waals surface area contributed by atoms with Crippen molar-refractivity contribution in [3.8, 4) is 0 Å². The zero-order valence-electron chi connectivity index (χ0n) is 14.1. The Morgan fingerprint density at radius 3 is 2.32 bits per heavy atom. The van der Waals surface area contributed by atoms with E-state index in [4.69, 9.17) is 15.0 Å². The molecular weight excluding hydrogens is 277 g/mol. The fourth-order valence-corrected chi connectivity index (χ4v) is 2.42. The topological polar surface area (TPSA) is 64.7 Å². The molecular formula is C17H26BNO3. The number of hydrogen-bond acceptors (Lipinski definition) is 4. The van der Waals surface area contributed by atoms with Crippen LogP contribution in [-0.4, -0.2) is 30.0 Å². The summed E-state index contributed by atoms with van der Waals surface area (Å²) in [5, 5.41) is 9.72. The molecule has 22 heavy (non-hydrogen) atoms. The smallest absolute Gasteiger partial charge is 0.400 e. The van der Waals surface area contributed by atoms with Crippen LogP contribution in [0.25, 0.3) is 6.08 Å². The van der Waals surface area contributed by atoms with Gasteiger partial charge in [-0.2, -0.15) is 0 Å². The Bertz CT molecular complexity index is 565. The summed E-state index contributed by atoms with van der Waals surface area (Å²) in [7, 11) is -0.530. The van der Waals surface area contributed by atoms with Crippen molar-refractivity contribution >= 4 is 18.9 Å². The molecule has 1 aromatic carbocycles. The van der Waals surface area contributed by atoms with E-state index in [2.05, 4.69) is 6.92 Å². The maximum Gasteiger partial charge on any atom is 0.492 e. The number of anilines is 1. The van der Waals surface area contributed by atoms with E-state index in [-0.39, 0.29) is 6.61 Å². The number of benzene rings is 1. The lowest BCUT2D eigenvalue weighted by Gasteiger charge is -2.32. The van der Waals surface area contributed by atoms with Gasteiger partial charge in [0.05, 0.1) is 17.8 Å². The molecule has 1 saturated heterocycles. The van der Waals surface area contributed by atoms with E-state index in [9.17, 15) is 5.11 Å². The molecule has 1 aliphatic rings. The van der Waals surface area contributed by atoms with Crippen LogP contribution in [0.4, 0.5) is 5.69 Å². The van der Waals surface area contributed by atoms with Crippen LogP contribution in [0, 0.1) is 0 Å². The summed E-state index contributed by atoms with van der Waals surface area (Å²) in [6.45, 7) is 9.96. The molecule has 0 bridgehead atoms. The first-order valence-electron chi connectivity index (χ1n) is 7.75. The fourth-order valence-electron chi connectivity index (χ4n) is 2.42. The molecule has 0 amide bonds. The molecule has 4 nitrogen and oxygen atoms in total. The van der Waals surface area contributed by atoms with E-state index >= 15 is 0 Å². The van der Waals surface area contributed by atoms with Gasteiger partial charge in [-0.15, -0.1) is 0 Å². The second-order valence-corrected chi connectivity index (χ2v) is 6.78. The molecule has 0 radical (unpaired) electrons. The molecule has 1 fully saturated rings. The first kappa shape index (κ1) is 17.1. The highest BCUT2D eigenvalue weighted by atomic mass is 16.7.